The summed E-state index contributed by atoms with van der Waals surface area (Å²) in [5, 5.41) is 12.0. The summed E-state index contributed by atoms with van der Waals surface area (Å²) >= 11 is 1.84. The summed E-state index contributed by atoms with van der Waals surface area (Å²) in [6.45, 7) is 6.47. The molecule has 2 aliphatic rings. The van der Waals surface area contributed by atoms with E-state index in [9.17, 15) is 10.1 Å². The Morgan fingerprint density at radius 1 is 1.36 bits per heavy atom. The highest BCUT2D eigenvalue weighted by Gasteiger charge is 2.36. The number of non-ortho nitro benzene ring substituents is 1. The fourth-order valence-corrected chi connectivity index (χ4v) is 5.16. The van der Waals surface area contributed by atoms with Gasteiger partial charge in [0.05, 0.1) is 10.6 Å². The molecular formula is C19H27N3O2S. The lowest BCUT2D eigenvalue weighted by atomic mass is 10.0. The zero-order valence-corrected chi connectivity index (χ0v) is 16.1. The van der Waals surface area contributed by atoms with Gasteiger partial charge in [0.25, 0.3) is 5.69 Å². The fourth-order valence-electron chi connectivity index (χ4n) is 3.92. The first kappa shape index (κ1) is 18.2. The number of aliphatic imine (C=N–C) groups is 1. The van der Waals surface area contributed by atoms with E-state index in [2.05, 4.69) is 18.7 Å². The highest BCUT2D eigenvalue weighted by Crippen LogP contribution is 2.37. The van der Waals surface area contributed by atoms with Gasteiger partial charge in [-0.1, -0.05) is 38.5 Å². The lowest BCUT2D eigenvalue weighted by molar-refractivity contribution is -0.384. The number of nitro benzene ring substituents is 1. The van der Waals surface area contributed by atoms with Crippen molar-refractivity contribution in [2.24, 2.45) is 10.9 Å². The molecule has 136 valence electrons. The summed E-state index contributed by atoms with van der Waals surface area (Å²) in [4.78, 5) is 18.1. The average molecular weight is 362 g/mol. The standard InChI is InChI=1S/C19H27N3O2S/c1-13(2)10-17-12-25-19(21(17)15-6-4-5-7-15)20-18-9-8-16(22(23)24)11-14(18)3/h8-9,11,13,15,17H,4-7,10,12H2,1-3H3/t17-/m0/s1. The van der Waals surface area contributed by atoms with Crippen LogP contribution in [0.15, 0.2) is 23.2 Å². The molecular weight excluding hydrogens is 334 g/mol. The number of hydrogen-bond acceptors (Lipinski definition) is 4. The van der Waals surface area contributed by atoms with Gasteiger partial charge in [0, 0.05) is 30.0 Å². The van der Waals surface area contributed by atoms with Crippen LogP contribution in [0.5, 0.6) is 0 Å². The van der Waals surface area contributed by atoms with Gasteiger partial charge in [-0.05, 0) is 43.7 Å². The Labute approximate surface area is 154 Å². The van der Waals surface area contributed by atoms with Crippen molar-refractivity contribution in [2.45, 2.75) is 65.0 Å². The number of amidine groups is 1. The van der Waals surface area contributed by atoms with E-state index >= 15 is 0 Å². The van der Waals surface area contributed by atoms with Crippen molar-refractivity contribution in [1.82, 2.24) is 4.90 Å². The molecule has 1 aromatic carbocycles. The third kappa shape index (κ3) is 4.17. The van der Waals surface area contributed by atoms with E-state index in [1.165, 1.54) is 32.1 Å². The first-order chi connectivity index (χ1) is 12.0. The minimum Gasteiger partial charge on any atom is -0.344 e. The van der Waals surface area contributed by atoms with Gasteiger partial charge in [-0.25, -0.2) is 4.99 Å². The summed E-state index contributed by atoms with van der Waals surface area (Å²) in [5.41, 5.74) is 1.84. The van der Waals surface area contributed by atoms with E-state index in [0.717, 1.165) is 22.2 Å². The van der Waals surface area contributed by atoms with Crippen molar-refractivity contribution in [3.8, 4) is 0 Å². The monoisotopic (exact) mass is 361 g/mol. The molecule has 2 fully saturated rings. The van der Waals surface area contributed by atoms with Crippen molar-refractivity contribution < 1.29 is 4.92 Å². The van der Waals surface area contributed by atoms with Gasteiger partial charge in [-0.3, -0.25) is 10.1 Å². The van der Waals surface area contributed by atoms with Crippen LogP contribution in [0.2, 0.25) is 0 Å². The van der Waals surface area contributed by atoms with Gasteiger partial charge in [0.2, 0.25) is 0 Å². The van der Waals surface area contributed by atoms with Crippen LogP contribution in [-0.4, -0.2) is 32.8 Å². The summed E-state index contributed by atoms with van der Waals surface area (Å²) in [6.07, 6.45) is 6.33. The zero-order chi connectivity index (χ0) is 18.0. The Kier molecular flexibility index (Phi) is 5.67. The molecule has 1 aliphatic heterocycles. The molecule has 1 saturated heterocycles. The molecule has 1 aliphatic carbocycles. The number of nitrogens with zero attached hydrogens (tertiary/aromatic N) is 3. The number of benzene rings is 1. The Morgan fingerprint density at radius 3 is 2.68 bits per heavy atom. The Morgan fingerprint density at radius 2 is 2.08 bits per heavy atom. The molecule has 0 spiro atoms. The molecule has 1 aromatic rings. The molecule has 0 unspecified atom stereocenters. The maximum atomic E-state index is 10.9. The van der Waals surface area contributed by atoms with Crippen LogP contribution in [0.1, 0.15) is 51.5 Å². The molecule has 25 heavy (non-hydrogen) atoms. The van der Waals surface area contributed by atoms with E-state index in [4.69, 9.17) is 4.99 Å². The van der Waals surface area contributed by atoms with Crippen LogP contribution in [0, 0.1) is 23.0 Å². The van der Waals surface area contributed by atoms with Gasteiger partial charge in [0.1, 0.15) is 0 Å². The largest absolute Gasteiger partial charge is 0.344 e. The van der Waals surface area contributed by atoms with Crippen molar-refractivity contribution in [3.63, 3.8) is 0 Å². The van der Waals surface area contributed by atoms with Gasteiger partial charge < -0.3 is 4.90 Å². The second-order valence-corrected chi connectivity index (χ2v) is 8.55. The molecule has 0 N–H and O–H groups in total. The molecule has 0 radical (unpaired) electrons. The summed E-state index contributed by atoms with van der Waals surface area (Å²) in [5.74, 6) is 1.77. The van der Waals surface area contributed by atoms with Crippen LogP contribution in [0.3, 0.4) is 0 Å². The second kappa shape index (κ2) is 7.77. The van der Waals surface area contributed by atoms with E-state index in [1.807, 2.05) is 18.7 Å². The SMILES string of the molecule is Cc1cc([N+](=O)[O-])ccc1N=C1SC[C@H](CC(C)C)N1C1CCCC1. The van der Waals surface area contributed by atoms with E-state index in [1.54, 1.807) is 18.2 Å². The molecule has 0 aromatic heterocycles. The number of rotatable bonds is 5. The minimum absolute atomic E-state index is 0.130. The van der Waals surface area contributed by atoms with Crippen molar-refractivity contribution in [1.29, 1.82) is 0 Å². The fraction of sp³-hybridized carbons (Fsp3) is 0.632. The molecule has 0 amide bonds. The normalized spacial score (nSPS) is 23.1. The highest BCUT2D eigenvalue weighted by atomic mass is 32.2. The molecule has 0 bridgehead atoms. The quantitative estimate of drug-likeness (QED) is 0.527. The summed E-state index contributed by atoms with van der Waals surface area (Å²) in [7, 11) is 0. The lowest BCUT2D eigenvalue weighted by Gasteiger charge is -2.33. The van der Waals surface area contributed by atoms with Crippen LogP contribution in [0.25, 0.3) is 0 Å². The third-order valence-electron chi connectivity index (χ3n) is 5.09. The molecule has 1 heterocycles. The maximum Gasteiger partial charge on any atom is 0.269 e. The lowest BCUT2D eigenvalue weighted by Crippen LogP contribution is -2.41. The smallest absolute Gasteiger partial charge is 0.269 e. The topological polar surface area (TPSA) is 58.7 Å². The van der Waals surface area contributed by atoms with E-state index < -0.39 is 0 Å². The van der Waals surface area contributed by atoms with E-state index in [0.29, 0.717) is 18.0 Å². The molecule has 1 saturated carbocycles. The van der Waals surface area contributed by atoms with Crippen molar-refractivity contribution >= 4 is 28.3 Å². The maximum absolute atomic E-state index is 10.9. The van der Waals surface area contributed by atoms with Gasteiger partial charge >= 0.3 is 0 Å². The summed E-state index contributed by atoms with van der Waals surface area (Å²) < 4.78 is 0. The van der Waals surface area contributed by atoms with Gasteiger partial charge in [-0.2, -0.15) is 0 Å². The molecule has 1 atom stereocenters. The third-order valence-corrected chi connectivity index (χ3v) is 6.20. The predicted octanol–water partition coefficient (Wildman–Crippen LogP) is 5.30. The molecule has 5 nitrogen and oxygen atoms in total. The minimum atomic E-state index is -0.349. The van der Waals surface area contributed by atoms with Gasteiger partial charge in [-0.15, -0.1) is 0 Å². The zero-order valence-electron chi connectivity index (χ0n) is 15.3. The summed E-state index contributed by atoms with van der Waals surface area (Å²) in [6, 6.07) is 6.12. The Hall–Kier alpha value is -1.56. The first-order valence-corrected chi connectivity index (χ1v) is 10.2. The number of thioether (sulfide) groups is 1. The van der Waals surface area contributed by atoms with Crippen molar-refractivity contribution in [2.75, 3.05) is 5.75 Å². The second-order valence-electron chi connectivity index (χ2n) is 7.56. The predicted molar refractivity (Wildman–Crippen MR) is 105 cm³/mol. The van der Waals surface area contributed by atoms with E-state index in [-0.39, 0.29) is 10.6 Å². The van der Waals surface area contributed by atoms with Crippen LogP contribution >= 0.6 is 11.8 Å². The average Bonchev–Trinajstić information content (AvgIpc) is 3.18. The molecule has 6 heteroatoms. The number of hydrogen-bond donors (Lipinski definition) is 0. The highest BCUT2D eigenvalue weighted by molar-refractivity contribution is 8.14. The van der Waals surface area contributed by atoms with Gasteiger partial charge in [0.15, 0.2) is 5.17 Å². The van der Waals surface area contributed by atoms with Crippen LogP contribution in [0.4, 0.5) is 11.4 Å². The Balaban J connectivity index is 1.88. The van der Waals surface area contributed by atoms with Crippen molar-refractivity contribution in [3.05, 3.63) is 33.9 Å². The first-order valence-electron chi connectivity index (χ1n) is 9.20. The van der Waals surface area contributed by atoms with Crippen LogP contribution < -0.4 is 0 Å². The number of aryl methyl sites for hydroxylation is 1. The van der Waals surface area contributed by atoms with Crippen LogP contribution in [-0.2, 0) is 0 Å². The number of nitro groups is 1. The molecule has 3 rings (SSSR count). The Bertz CT molecular complexity index is 669.